The van der Waals surface area contributed by atoms with E-state index in [1.807, 2.05) is 62.2 Å². The number of benzene rings is 4. The van der Waals surface area contributed by atoms with Crippen LogP contribution in [0.1, 0.15) is 46.9 Å². The fraction of sp³-hybridized carbons (Fsp3) is 0.409. The van der Waals surface area contributed by atoms with Gasteiger partial charge in [0.1, 0.15) is 36.2 Å². The zero-order valence-electron chi connectivity index (χ0n) is 33.0. The second kappa shape index (κ2) is 15.4. The molecule has 5 aliphatic rings. The maximum atomic E-state index is 14.6. The Morgan fingerprint density at radius 3 is 2.50 bits per heavy atom. The molecule has 5 N–H and O–H groups in total. The van der Waals surface area contributed by atoms with Crippen LogP contribution in [0, 0.1) is 37.3 Å². The van der Waals surface area contributed by atoms with Gasteiger partial charge in [-0.25, -0.2) is 19.6 Å². The first-order valence-electron chi connectivity index (χ1n) is 20.1. The van der Waals surface area contributed by atoms with Gasteiger partial charge >= 0.3 is 0 Å². The van der Waals surface area contributed by atoms with Crippen molar-refractivity contribution in [1.82, 2.24) is 15.8 Å². The minimum Gasteiger partial charge on any atom is -0.373 e. The van der Waals surface area contributed by atoms with Crippen molar-refractivity contribution in [1.29, 1.82) is 0 Å². The first-order chi connectivity index (χ1) is 27.9. The molecule has 4 heterocycles. The van der Waals surface area contributed by atoms with Crippen molar-refractivity contribution in [3.05, 3.63) is 111 Å². The van der Waals surface area contributed by atoms with E-state index in [2.05, 4.69) is 43.6 Å². The molecule has 4 aromatic rings. The summed E-state index contributed by atoms with van der Waals surface area (Å²) in [6.45, 7) is 6.51. The van der Waals surface area contributed by atoms with Gasteiger partial charge in [0.05, 0.1) is 0 Å². The summed E-state index contributed by atoms with van der Waals surface area (Å²) in [5.41, 5.74) is 14.3. The van der Waals surface area contributed by atoms with Gasteiger partial charge in [-0.3, -0.25) is 9.59 Å². The minimum atomic E-state index is -0.566. The van der Waals surface area contributed by atoms with Gasteiger partial charge in [0.15, 0.2) is 0 Å². The number of nitrogens with one attached hydrogen (secondary N) is 5. The topological polar surface area (TPSA) is 113 Å². The molecule has 0 bridgehead atoms. The number of hydrogen-bond donors (Lipinski definition) is 5. The van der Waals surface area contributed by atoms with Crippen LogP contribution in [0.4, 0.5) is 37.2 Å². The fourth-order valence-electron chi connectivity index (χ4n) is 9.41. The highest BCUT2D eigenvalue weighted by Gasteiger charge is 2.48. The number of nitrogens with zero attached hydrogens (tertiary/aromatic N) is 3. The number of halogens is 3. The zero-order valence-corrected chi connectivity index (χ0v) is 33.8. The number of likely N-dealkylation sites (N-methyl/N-ethyl adjacent to an activating group) is 2. The number of ether oxygens (including phenoxy) is 1. The van der Waals surface area contributed by atoms with E-state index in [0.29, 0.717) is 63.9 Å². The summed E-state index contributed by atoms with van der Waals surface area (Å²) >= 11 is 6.56. The normalized spacial score (nSPS) is 25.8. The molecule has 304 valence electrons. The Hall–Kier alpha value is -4.79. The lowest BCUT2D eigenvalue weighted by molar-refractivity contribution is -0.117. The second-order valence-corrected chi connectivity index (χ2v) is 17.1. The Kier molecular flexibility index (Phi) is 10.3. The Bertz CT molecular complexity index is 2250. The number of carbonyl (C=O) groups is 2. The molecule has 2 amide bonds. The van der Waals surface area contributed by atoms with Crippen LogP contribution in [0.5, 0.6) is 0 Å². The molecule has 2 saturated heterocycles. The zero-order chi connectivity index (χ0) is 40.4. The van der Waals surface area contributed by atoms with Crippen molar-refractivity contribution in [2.45, 2.75) is 70.1 Å². The van der Waals surface area contributed by atoms with E-state index in [4.69, 9.17) is 16.3 Å². The van der Waals surface area contributed by atoms with E-state index in [1.165, 1.54) is 12.1 Å². The minimum absolute atomic E-state index is 0.137. The molecule has 1 saturated carbocycles. The summed E-state index contributed by atoms with van der Waals surface area (Å²) in [7, 11) is 4.03. The van der Waals surface area contributed by atoms with Crippen molar-refractivity contribution in [2.24, 2.45) is 11.8 Å². The van der Waals surface area contributed by atoms with Gasteiger partial charge in [-0.15, -0.1) is 0 Å². The van der Waals surface area contributed by atoms with Gasteiger partial charge in [0.2, 0.25) is 11.8 Å². The molecule has 1 aliphatic carbocycles. The molecule has 7 unspecified atom stereocenters. The van der Waals surface area contributed by atoms with Crippen LogP contribution in [-0.4, -0.2) is 74.8 Å². The van der Waals surface area contributed by atoms with Gasteiger partial charge in [0, 0.05) is 96.1 Å². The molecule has 9 rings (SSSR count). The standard InChI is InChI=1S/C44H49ClF2N8O3/c1-23-8-10-35(46)33-19-37(50-39(23)33)41(56)49-29-16-27(45)17-31(18-29)55-13-12-30(22-55)53(3)21-26-15-32(26)44-52-51-43(58-44)25-6-5-7-28(14-25)48-42(57)38-20-34-36(47)11-9-24(2)40(34)54(38)4/h5-11,14,16-18,26,30,32,37-38,43-44,50-52H,12-13,15,19-22H2,1-4H3,(H,48,57)(H,49,56). The Morgan fingerprint density at radius 1 is 0.931 bits per heavy atom. The quantitative estimate of drug-likeness (QED) is 0.123. The predicted molar refractivity (Wildman–Crippen MR) is 223 cm³/mol. The number of hydrazine groups is 1. The van der Waals surface area contributed by atoms with Crippen LogP contribution in [-0.2, 0) is 27.2 Å². The number of amides is 2. The molecular weight excluding hydrogens is 762 g/mol. The third-order valence-electron chi connectivity index (χ3n) is 12.7. The van der Waals surface area contributed by atoms with E-state index < -0.39 is 12.1 Å². The number of aryl methyl sites for hydroxylation is 2. The molecule has 7 atom stereocenters. The SMILES string of the molecule is Cc1ccc(F)c2c1NC(C(=O)Nc1cc(Cl)cc(N3CCC(N(C)CC4CC4C4NNC(c5cccc(NC(=O)C6Cc7c(F)ccc(C)c7N6C)c5)O4)C3)c1)C2. The Balaban J connectivity index is 0.748. The van der Waals surface area contributed by atoms with Crippen LogP contribution >= 0.6 is 11.6 Å². The van der Waals surface area contributed by atoms with E-state index in [1.54, 1.807) is 18.2 Å². The lowest BCUT2D eigenvalue weighted by Gasteiger charge is -2.26. The van der Waals surface area contributed by atoms with Crippen molar-refractivity contribution in [3.8, 4) is 0 Å². The van der Waals surface area contributed by atoms with Crippen molar-refractivity contribution in [2.75, 3.05) is 59.5 Å². The molecule has 14 heteroatoms. The number of fused-ring (bicyclic) bond motifs is 2. The number of anilines is 5. The fourth-order valence-corrected chi connectivity index (χ4v) is 9.64. The van der Waals surface area contributed by atoms with Gasteiger partial charge in [0.25, 0.3) is 0 Å². The first-order valence-corrected chi connectivity index (χ1v) is 20.5. The van der Waals surface area contributed by atoms with Crippen LogP contribution in [0.2, 0.25) is 5.02 Å². The van der Waals surface area contributed by atoms with E-state index >= 15 is 0 Å². The average Bonchev–Trinajstić information content (AvgIpc) is 3.73. The van der Waals surface area contributed by atoms with Gasteiger partial charge < -0.3 is 35.4 Å². The summed E-state index contributed by atoms with van der Waals surface area (Å²) in [4.78, 5) is 33.3. The molecule has 0 spiro atoms. The highest BCUT2D eigenvalue weighted by molar-refractivity contribution is 6.31. The molecule has 4 aromatic carbocycles. The maximum Gasteiger partial charge on any atom is 0.247 e. The van der Waals surface area contributed by atoms with Crippen LogP contribution in [0.25, 0.3) is 0 Å². The molecule has 3 fully saturated rings. The molecule has 0 aromatic heterocycles. The van der Waals surface area contributed by atoms with Gasteiger partial charge in [-0.05, 0) is 98.8 Å². The maximum absolute atomic E-state index is 14.6. The van der Waals surface area contributed by atoms with Crippen LogP contribution in [0.3, 0.4) is 0 Å². The van der Waals surface area contributed by atoms with Gasteiger partial charge in [-0.1, -0.05) is 35.9 Å². The van der Waals surface area contributed by atoms with Crippen molar-refractivity contribution < 1.29 is 23.1 Å². The number of rotatable bonds is 10. The summed E-state index contributed by atoms with van der Waals surface area (Å²) in [6.07, 6.45) is 2.17. The molecule has 11 nitrogen and oxygen atoms in total. The smallest absolute Gasteiger partial charge is 0.247 e. The summed E-state index contributed by atoms with van der Waals surface area (Å²) in [5, 5.41) is 9.79. The highest BCUT2D eigenvalue weighted by atomic mass is 35.5. The molecule has 0 radical (unpaired) electrons. The highest BCUT2D eigenvalue weighted by Crippen LogP contribution is 2.45. The summed E-state index contributed by atoms with van der Waals surface area (Å²) < 4.78 is 35.5. The molecule has 4 aliphatic heterocycles. The summed E-state index contributed by atoms with van der Waals surface area (Å²) in [5.74, 6) is -0.128. The second-order valence-electron chi connectivity index (χ2n) is 16.7. The largest absolute Gasteiger partial charge is 0.373 e. The van der Waals surface area contributed by atoms with Crippen LogP contribution < -0.4 is 36.6 Å². The molecular formula is C44H49ClF2N8O3. The van der Waals surface area contributed by atoms with Crippen molar-refractivity contribution in [3.63, 3.8) is 0 Å². The summed E-state index contributed by atoms with van der Waals surface area (Å²) in [6, 6.07) is 19.0. The van der Waals surface area contributed by atoms with Crippen LogP contribution in [0.15, 0.2) is 66.7 Å². The van der Waals surface area contributed by atoms with E-state index in [9.17, 15) is 18.4 Å². The lowest BCUT2D eigenvalue weighted by atomic mass is 10.1. The van der Waals surface area contributed by atoms with Gasteiger partial charge in [-0.2, -0.15) is 0 Å². The third kappa shape index (κ3) is 7.50. The Labute approximate surface area is 342 Å². The van der Waals surface area contributed by atoms with E-state index in [0.717, 1.165) is 60.5 Å². The monoisotopic (exact) mass is 810 g/mol. The first kappa shape index (κ1) is 38.7. The Morgan fingerprint density at radius 2 is 1.71 bits per heavy atom. The number of hydrogen-bond acceptors (Lipinski definition) is 9. The predicted octanol–water partition coefficient (Wildman–Crippen LogP) is 6.51. The average molecular weight is 811 g/mol. The lowest BCUT2D eigenvalue weighted by Crippen LogP contribution is -2.39. The number of carbonyl (C=O) groups excluding carboxylic acids is 2. The van der Waals surface area contributed by atoms with E-state index in [-0.39, 0.29) is 35.9 Å². The van der Waals surface area contributed by atoms with Crippen molar-refractivity contribution >= 4 is 51.9 Å². The molecule has 58 heavy (non-hydrogen) atoms. The third-order valence-corrected chi connectivity index (χ3v) is 13.0.